The van der Waals surface area contributed by atoms with Crippen LogP contribution in [0.4, 0.5) is 5.69 Å². The highest BCUT2D eigenvalue weighted by molar-refractivity contribution is 7.92. The third kappa shape index (κ3) is 4.85. The summed E-state index contributed by atoms with van der Waals surface area (Å²) in [5, 5.41) is 17.6. The van der Waals surface area contributed by atoms with Crippen LogP contribution >= 0.6 is 0 Å². The number of anilines is 1. The lowest BCUT2D eigenvalue weighted by Gasteiger charge is -2.44. The molecule has 0 saturated carbocycles. The van der Waals surface area contributed by atoms with E-state index >= 15 is 0 Å². The molecule has 158 valence electrons. The number of nitrogens with zero attached hydrogens (tertiary/aromatic N) is 2. The number of fused-ring (bicyclic) bond motifs is 4. The zero-order valence-electron chi connectivity index (χ0n) is 16.1. The largest absolute Gasteiger partial charge is 0.483 e. The van der Waals surface area contributed by atoms with Crippen LogP contribution in [0.2, 0.25) is 0 Å². The lowest BCUT2D eigenvalue weighted by atomic mass is 9.84. The van der Waals surface area contributed by atoms with Crippen LogP contribution in [-0.4, -0.2) is 72.4 Å². The topological polar surface area (TPSA) is 144 Å². The molecular weight excluding hydrogens is 398 g/mol. The van der Waals surface area contributed by atoms with Crippen LogP contribution in [0, 0.1) is 5.92 Å². The number of amides is 1. The number of aromatic nitrogens is 2. The minimum absolute atomic E-state index is 0.0106. The minimum Gasteiger partial charge on any atom is -0.483 e. The van der Waals surface area contributed by atoms with Crippen molar-refractivity contribution in [1.82, 2.24) is 20.4 Å². The molecule has 2 aromatic rings. The molecule has 1 aromatic heterocycles. The highest BCUT2D eigenvalue weighted by Crippen LogP contribution is 2.28. The van der Waals surface area contributed by atoms with E-state index in [0.29, 0.717) is 28.2 Å². The molecule has 0 unspecified atom stereocenters. The van der Waals surface area contributed by atoms with Gasteiger partial charge in [0.2, 0.25) is 10.0 Å². The van der Waals surface area contributed by atoms with Gasteiger partial charge in [-0.1, -0.05) is 0 Å². The number of hydrogen-bond acceptors (Lipinski definition) is 6. The van der Waals surface area contributed by atoms with Crippen LogP contribution < -0.4 is 10.0 Å². The highest BCUT2D eigenvalue weighted by atomic mass is 32.2. The third-order valence-corrected chi connectivity index (χ3v) is 6.71. The summed E-state index contributed by atoms with van der Waals surface area (Å²) < 4.78 is 26.1. The van der Waals surface area contributed by atoms with Crippen molar-refractivity contribution >= 4 is 39.0 Å². The summed E-state index contributed by atoms with van der Waals surface area (Å²) in [6.45, 7) is 4.44. The smallest absolute Gasteiger partial charge is 0.290 e. The van der Waals surface area contributed by atoms with Gasteiger partial charge in [0.15, 0.2) is 5.69 Å². The van der Waals surface area contributed by atoms with Gasteiger partial charge in [0.25, 0.3) is 12.4 Å². The Balaban J connectivity index is 0.000000755. The first kappa shape index (κ1) is 21.1. The van der Waals surface area contributed by atoms with Crippen LogP contribution in [-0.2, 0) is 14.8 Å². The minimum atomic E-state index is -3.37. The first-order chi connectivity index (χ1) is 13.9. The molecule has 4 heterocycles. The van der Waals surface area contributed by atoms with Crippen molar-refractivity contribution < 1.29 is 23.1 Å². The molecule has 0 radical (unpaired) electrons. The number of nitrogens with one attached hydrogen (secondary N) is 3. The second kappa shape index (κ2) is 8.78. The van der Waals surface area contributed by atoms with E-state index in [1.54, 1.807) is 25.1 Å². The van der Waals surface area contributed by atoms with E-state index in [-0.39, 0.29) is 24.2 Å². The van der Waals surface area contributed by atoms with Crippen molar-refractivity contribution in [2.45, 2.75) is 25.8 Å². The fourth-order valence-electron chi connectivity index (χ4n) is 3.87. The van der Waals surface area contributed by atoms with Gasteiger partial charge in [-0.25, -0.2) is 8.42 Å². The summed E-state index contributed by atoms with van der Waals surface area (Å²) in [7, 11) is -3.37. The van der Waals surface area contributed by atoms with Crippen LogP contribution in [0.25, 0.3) is 10.9 Å². The summed E-state index contributed by atoms with van der Waals surface area (Å²) in [5.41, 5.74) is 1.43. The van der Waals surface area contributed by atoms with Gasteiger partial charge >= 0.3 is 0 Å². The van der Waals surface area contributed by atoms with Gasteiger partial charge in [0, 0.05) is 23.7 Å². The number of carbonyl (C=O) groups excluding carboxylic acids is 1. The molecule has 10 nitrogen and oxygen atoms in total. The molecule has 1 aromatic carbocycles. The van der Waals surface area contributed by atoms with Crippen LogP contribution in [0.1, 0.15) is 30.3 Å². The lowest BCUT2D eigenvalue weighted by molar-refractivity contribution is -0.122. The number of benzene rings is 1. The van der Waals surface area contributed by atoms with Crippen molar-refractivity contribution in [2.75, 3.05) is 30.1 Å². The summed E-state index contributed by atoms with van der Waals surface area (Å²) in [6.07, 6.45) is 2.24. The number of piperidine rings is 3. The van der Waals surface area contributed by atoms with E-state index < -0.39 is 10.0 Å². The Labute approximate surface area is 168 Å². The molecule has 1 amide bonds. The van der Waals surface area contributed by atoms with Crippen molar-refractivity contribution in [3.63, 3.8) is 0 Å². The molecule has 11 heteroatoms. The summed E-state index contributed by atoms with van der Waals surface area (Å²) >= 11 is 0. The fourth-order valence-corrected chi connectivity index (χ4v) is 4.50. The van der Waals surface area contributed by atoms with Crippen molar-refractivity contribution in [3.8, 4) is 0 Å². The summed E-state index contributed by atoms with van der Waals surface area (Å²) in [6, 6.07) is 5.18. The Hall–Kier alpha value is -2.66. The molecule has 5 rings (SSSR count). The van der Waals surface area contributed by atoms with Gasteiger partial charge in [-0.3, -0.25) is 19.4 Å². The predicted octanol–water partition coefficient (Wildman–Crippen LogP) is 0.849. The quantitative estimate of drug-likeness (QED) is 0.522. The van der Waals surface area contributed by atoms with E-state index in [4.69, 9.17) is 9.90 Å². The zero-order chi connectivity index (χ0) is 21.0. The molecule has 3 aliphatic rings. The monoisotopic (exact) mass is 423 g/mol. The molecule has 29 heavy (non-hydrogen) atoms. The molecule has 3 aliphatic heterocycles. The maximum absolute atomic E-state index is 12.8. The lowest BCUT2D eigenvalue weighted by Crippen LogP contribution is -2.57. The van der Waals surface area contributed by atoms with E-state index in [2.05, 4.69) is 25.1 Å². The molecule has 3 fully saturated rings. The molecule has 0 spiro atoms. The molecule has 0 aliphatic carbocycles. The van der Waals surface area contributed by atoms with Gasteiger partial charge in [-0.05, 0) is 57.0 Å². The number of hydrogen-bond donors (Lipinski definition) is 4. The van der Waals surface area contributed by atoms with Crippen LogP contribution in [0.15, 0.2) is 18.2 Å². The van der Waals surface area contributed by atoms with E-state index in [0.717, 1.165) is 32.5 Å². The van der Waals surface area contributed by atoms with E-state index in [9.17, 15) is 13.2 Å². The zero-order valence-corrected chi connectivity index (χ0v) is 16.9. The molecule has 2 bridgehead atoms. The fraction of sp³-hybridized carbons (Fsp3) is 0.500. The van der Waals surface area contributed by atoms with Crippen molar-refractivity contribution in [2.24, 2.45) is 5.92 Å². The maximum Gasteiger partial charge on any atom is 0.290 e. The second-order valence-electron chi connectivity index (χ2n) is 7.16. The predicted molar refractivity (Wildman–Crippen MR) is 108 cm³/mol. The normalized spacial score (nSPS) is 23.1. The highest BCUT2D eigenvalue weighted by Gasteiger charge is 2.35. The Morgan fingerprint density at radius 3 is 2.66 bits per heavy atom. The van der Waals surface area contributed by atoms with Crippen LogP contribution in [0.5, 0.6) is 0 Å². The van der Waals surface area contributed by atoms with E-state index in [1.807, 2.05) is 0 Å². The first-order valence-electron chi connectivity index (χ1n) is 9.46. The van der Waals surface area contributed by atoms with Gasteiger partial charge < -0.3 is 15.3 Å². The number of rotatable bonds is 5. The molecule has 1 atom stereocenters. The van der Waals surface area contributed by atoms with E-state index in [1.165, 1.54) is 0 Å². The van der Waals surface area contributed by atoms with Gasteiger partial charge in [0.1, 0.15) is 0 Å². The Morgan fingerprint density at radius 2 is 2.07 bits per heavy atom. The molecule has 3 saturated heterocycles. The standard InChI is InChI=1S/C17H23N5O3S.CH2O2/c1-2-26(24,25)21-12-3-4-14-13(9-12)16(20-19-14)17(23)18-15-10-22-7-5-11(15)6-8-22;2-1-3/h3-4,9,11,15,21H,2,5-8,10H2,1H3,(H,18,23)(H,19,20);1H,(H,2,3)/t15-;/m1./s1. The number of H-pyrrole nitrogens is 1. The number of carbonyl (C=O) groups is 2. The average molecular weight is 423 g/mol. The second-order valence-corrected chi connectivity index (χ2v) is 9.17. The third-order valence-electron chi connectivity index (χ3n) is 5.40. The summed E-state index contributed by atoms with van der Waals surface area (Å²) in [4.78, 5) is 23.5. The van der Waals surface area contributed by atoms with Gasteiger partial charge in [-0.2, -0.15) is 5.10 Å². The number of carboxylic acid groups (broad SMARTS) is 1. The number of aromatic amines is 1. The Morgan fingerprint density at radius 1 is 1.38 bits per heavy atom. The van der Waals surface area contributed by atoms with Crippen molar-refractivity contribution in [1.29, 1.82) is 0 Å². The maximum atomic E-state index is 12.8. The van der Waals surface area contributed by atoms with Gasteiger partial charge in [-0.15, -0.1) is 0 Å². The van der Waals surface area contributed by atoms with Crippen LogP contribution in [0.3, 0.4) is 0 Å². The average Bonchev–Trinajstić information content (AvgIpc) is 3.12. The van der Waals surface area contributed by atoms with Gasteiger partial charge in [0.05, 0.1) is 11.3 Å². The molecule has 4 N–H and O–H groups in total. The Kier molecular flexibility index (Phi) is 6.38. The molecular formula is C18H25N5O5S. The Bertz CT molecular complexity index is 982. The first-order valence-corrected chi connectivity index (χ1v) is 11.1. The number of sulfonamides is 1. The van der Waals surface area contributed by atoms with Crippen molar-refractivity contribution in [3.05, 3.63) is 23.9 Å². The SMILES string of the molecule is CCS(=O)(=O)Nc1ccc2[nH]nc(C(=O)N[C@@H]3CN4CCC3CC4)c2c1.O=CO. The summed E-state index contributed by atoms with van der Waals surface area (Å²) in [5.74, 6) is 0.301.